The topological polar surface area (TPSA) is 49.8 Å². The molecule has 3 fully saturated rings. The number of rotatable bonds is 2. The van der Waals surface area contributed by atoms with Crippen molar-refractivity contribution in [1.82, 2.24) is 4.90 Å². The standard InChI is InChI=1S/C15H25NO3/c1-15(2)9-16(7-12(8-17)19-15)14(18)13-6-10-3-4-11(13)5-10/h10-13,17H,3-9H2,1-2H3. The van der Waals surface area contributed by atoms with E-state index >= 15 is 0 Å². The molecule has 0 aromatic heterocycles. The molecule has 2 aliphatic carbocycles. The van der Waals surface area contributed by atoms with E-state index in [1.54, 1.807) is 0 Å². The Balaban J connectivity index is 1.69. The third-order valence-corrected chi connectivity index (χ3v) is 5.05. The molecule has 4 unspecified atom stereocenters. The van der Waals surface area contributed by atoms with E-state index in [0.717, 1.165) is 12.3 Å². The Morgan fingerprint density at radius 2 is 2.16 bits per heavy atom. The lowest BCUT2D eigenvalue weighted by molar-refractivity contribution is -0.171. The summed E-state index contributed by atoms with van der Waals surface area (Å²) in [6, 6.07) is 0. The molecule has 1 aliphatic heterocycles. The molecule has 4 atom stereocenters. The molecule has 0 radical (unpaired) electrons. The first kappa shape index (κ1) is 13.4. The van der Waals surface area contributed by atoms with E-state index in [1.807, 2.05) is 18.7 Å². The summed E-state index contributed by atoms with van der Waals surface area (Å²) < 4.78 is 5.78. The predicted molar refractivity (Wildman–Crippen MR) is 71.6 cm³/mol. The average molecular weight is 267 g/mol. The number of amides is 1. The third kappa shape index (κ3) is 2.52. The molecule has 3 rings (SSSR count). The summed E-state index contributed by atoms with van der Waals surface area (Å²) in [7, 11) is 0. The molecule has 1 amide bonds. The Labute approximate surface area is 115 Å². The van der Waals surface area contributed by atoms with Crippen molar-refractivity contribution in [3.8, 4) is 0 Å². The molecule has 108 valence electrons. The van der Waals surface area contributed by atoms with Crippen LogP contribution in [0.4, 0.5) is 0 Å². The van der Waals surface area contributed by atoms with Crippen LogP contribution in [0.2, 0.25) is 0 Å². The highest BCUT2D eigenvalue weighted by atomic mass is 16.5. The highest BCUT2D eigenvalue weighted by Gasteiger charge is 2.46. The first-order valence-corrected chi connectivity index (χ1v) is 7.56. The van der Waals surface area contributed by atoms with E-state index in [0.29, 0.717) is 24.9 Å². The molecule has 3 aliphatic rings. The van der Waals surface area contributed by atoms with Crippen LogP contribution in [0.15, 0.2) is 0 Å². The molecule has 0 spiro atoms. The van der Waals surface area contributed by atoms with Crippen molar-refractivity contribution in [1.29, 1.82) is 0 Å². The highest BCUT2D eigenvalue weighted by molar-refractivity contribution is 5.80. The van der Waals surface area contributed by atoms with Gasteiger partial charge in [0, 0.05) is 19.0 Å². The van der Waals surface area contributed by atoms with E-state index < -0.39 is 0 Å². The molecule has 0 aromatic rings. The minimum atomic E-state index is -0.348. The van der Waals surface area contributed by atoms with E-state index in [4.69, 9.17) is 4.74 Å². The van der Waals surface area contributed by atoms with Gasteiger partial charge in [0.1, 0.15) is 0 Å². The average Bonchev–Trinajstić information content (AvgIpc) is 2.98. The van der Waals surface area contributed by atoms with Crippen molar-refractivity contribution >= 4 is 5.91 Å². The Hall–Kier alpha value is -0.610. The zero-order valence-corrected chi connectivity index (χ0v) is 12.0. The van der Waals surface area contributed by atoms with Crippen LogP contribution in [0, 0.1) is 17.8 Å². The van der Waals surface area contributed by atoms with Gasteiger partial charge < -0.3 is 14.7 Å². The Kier molecular flexibility index (Phi) is 3.34. The molecular formula is C15H25NO3. The summed E-state index contributed by atoms with van der Waals surface area (Å²) in [4.78, 5) is 14.7. The van der Waals surface area contributed by atoms with Gasteiger partial charge in [-0.3, -0.25) is 4.79 Å². The van der Waals surface area contributed by atoms with E-state index in [9.17, 15) is 9.90 Å². The van der Waals surface area contributed by atoms with Gasteiger partial charge in [0.2, 0.25) is 5.91 Å². The largest absolute Gasteiger partial charge is 0.394 e. The quantitative estimate of drug-likeness (QED) is 0.823. The zero-order chi connectivity index (χ0) is 13.6. The fourth-order valence-electron chi connectivity index (χ4n) is 4.34. The van der Waals surface area contributed by atoms with Crippen LogP contribution >= 0.6 is 0 Å². The van der Waals surface area contributed by atoms with Gasteiger partial charge in [-0.05, 0) is 44.9 Å². The number of hydrogen-bond acceptors (Lipinski definition) is 3. The number of morpholine rings is 1. The Morgan fingerprint density at radius 1 is 1.37 bits per heavy atom. The van der Waals surface area contributed by atoms with Gasteiger partial charge in [-0.25, -0.2) is 0 Å². The third-order valence-electron chi connectivity index (χ3n) is 5.05. The summed E-state index contributed by atoms with van der Waals surface area (Å²) >= 11 is 0. The van der Waals surface area contributed by atoms with Crippen molar-refractivity contribution in [2.45, 2.75) is 51.2 Å². The van der Waals surface area contributed by atoms with Gasteiger partial charge in [-0.15, -0.1) is 0 Å². The molecular weight excluding hydrogens is 242 g/mol. The van der Waals surface area contributed by atoms with Crippen molar-refractivity contribution < 1.29 is 14.6 Å². The first-order valence-electron chi connectivity index (χ1n) is 7.56. The van der Waals surface area contributed by atoms with Crippen LogP contribution in [-0.2, 0) is 9.53 Å². The predicted octanol–water partition coefficient (Wildman–Crippen LogP) is 1.42. The summed E-state index contributed by atoms with van der Waals surface area (Å²) in [5.41, 5.74) is -0.348. The summed E-state index contributed by atoms with van der Waals surface area (Å²) in [5, 5.41) is 9.33. The van der Waals surface area contributed by atoms with Crippen LogP contribution < -0.4 is 0 Å². The number of hydrogen-bond donors (Lipinski definition) is 1. The van der Waals surface area contributed by atoms with Gasteiger partial charge in [0.25, 0.3) is 0 Å². The Morgan fingerprint density at radius 3 is 2.74 bits per heavy atom. The fraction of sp³-hybridized carbons (Fsp3) is 0.933. The van der Waals surface area contributed by atoms with Gasteiger partial charge in [0.15, 0.2) is 0 Å². The maximum Gasteiger partial charge on any atom is 0.226 e. The lowest BCUT2D eigenvalue weighted by Gasteiger charge is -2.43. The molecule has 1 heterocycles. The number of carbonyl (C=O) groups is 1. The minimum Gasteiger partial charge on any atom is -0.394 e. The molecule has 19 heavy (non-hydrogen) atoms. The zero-order valence-electron chi connectivity index (χ0n) is 12.0. The van der Waals surface area contributed by atoms with Crippen LogP contribution in [0.1, 0.15) is 39.5 Å². The van der Waals surface area contributed by atoms with E-state index in [1.165, 1.54) is 19.3 Å². The van der Waals surface area contributed by atoms with Crippen LogP contribution in [0.5, 0.6) is 0 Å². The monoisotopic (exact) mass is 267 g/mol. The minimum absolute atomic E-state index is 0.00999. The number of aliphatic hydroxyl groups excluding tert-OH is 1. The van der Waals surface area contributed by atoms with Crippen LogP contribution in [-0.4, -0.2) is 47.3 Å². The van der Waals surface area contributed by atoms with Crippen molar-refractivity contribution in [3.63, 3.8) is 0 Å². The number of carbonyl (C=O) groups excluding carboxylic acids is 1. The first-order chi connectivity index (χ1) is 8.98. The smallest absolute Gasteiger partial charge is 0.226 e. The second-order valence-electron chi connectivity index (χ2n) is 7.18. The number of fused-ring (bicyclic) bond motifs is 2. The van der Waals surface area contributed by atoms with E-state index in [2.05, 4.69) is 0 Å². The van der Waals surface area contributed by atoms with Gasteiger partial charge >= 0.3 is 0 Å². The number of ether oxygens (including phenoxy) is 1. The maximum absolute atomic E-state index is 12.7. The summed E-state index contributed by atoms with van der Waals surface area (Å²) in [6.07, 6.45) is 4.67. The normalized spacial score (nSPS) is 40.7. The number of aliphatic hydroxyl groups is 1. The molecule has 0 aromatic carbocycles. The lowest BCUT2D eigenvalue weighted by Crippen LogP contribution is -2.57. The van der Waals surface area contributed by atoms with Crippen LogP contribution in [0.3, 0.4) is 0 Å². The SMILES string of the molecule is CC1(C)CN(C(=O)C2CC3CCC2C3)CC(CO)O1. The van der Waals surface area contributed by atoms with Crippen molar-refractivity contribution in [2.24, 2.45) is 17.8 Å². The molecule has 4 nitrogen and oxygen atoms in total. The second kappa shape index (κ2) is 4.74. The van der Waals surface area contributed by atoms with E-state index in [-0.39, 0.29) is 24.2 Å². The maximum atomic E-state index is 12.7. The fourth-order valence-corrected chi connectivity index (χ4v) is 4.34. The van der Waals surface area contributed by atoms with Gasteiger partial charge in [0.05, 0.1) is 18.3 Å². The van der Waals surface area contributed by atoms with Gasteiger partial charge in [-0.2, -0.15) is 0 Å². The van der Waals surface area contributed by atoms with Crippen molar-refractivity contribution in [2.75, 3.05) is 19.7 Å². The summed E-state index contributed by atoms with van der Waals surface area (Å²) in [5.74, 6) is 1.96. The van der Waals surface area contributed by atoms with Gasteiger partial charge in [-0.1, -0.05) is 6.42 Å². The van der Waals surface area contributed by atoms with Crippen molar-refractivity contribution in [3.05, 3.63) is 0 Å². The highest BCUT2D eigenvalue weighted by Crippen LogP contribution is 2.49. The molecule has 1 N–H and O–H groups in total. The molecule has 4 heteroatoms. The molecule has 2 bridgehead atoms. The van der Waals surface area contributed by atoms with Crippen LogP contribution in [0.25, 0.3) is 0 Å². The molecule has 2 saturated carbocycles. The molecule has 1 saturated heterocycles. The number of nitrogens with zero attached hydrogens (tertiary/aromatic N) is 1. The summed E-state index contributed by atoms with van der Waals surface area (Å²) in [6.45, 7) is 5.18. The second-order valence-corrected chi connectivity index (χ2v) is 7.18. The Bertz CT molecular complexity index is 368. The lowest BCUT2D eigenvalue weighted by atomic mass is 9.87.